The van der Waals surface area contributed by atoms with E-state index < -0.39 is 0 Å². The molecule has 0 aromatic heterocycles. The Bertz CT molecular complexity index is 464. The van der Waals surface area contributed by atoms with Crippen LogP contribution in [0.2, 0.25) is 0 Å². The number of rotatable bonds is 3. The monoisotopic (exact) mass is 267 g/mol. The van der Waals surface area contributed by atoms with Gasteiger partial charge in [-0.05, 0) is 18.2 Å². The van der Waals surface area contributed by atoms with E-state index >= 15 is 0 Å². The van der Waals surface area contributed by atoms with Crippen molar-refractivity contribution in [2.45, 2.75) is 12.2 Å². The number of carbonyl (C=O) groups excluding carboxylic acids is 1. The Morgan fingerprint density at radius 3 is 2.21 bits per heavy atom. The van der Waals surface area contributed by atoms with Crippen LogP contribution in [0.4, 0.5) is 0 Å². The highest BCUT2D eigenvalue weighted by atomic mass is 16.5. The number of nitrogens with zero attached hydrogens (tertiary/aromatic N) is 1. The number of methoxy groups -OCH3 is 2. The number of hydrogen-bond acceptors (Lipinski definition) is 5. The molecule has 1 aromatic carbocycles. The van der Waals surface area contributed by atoms with Crippen molar-refractivity contribution in [2.24, 2.45) is 0 Å². The van der Waals surface area contributed by atoms with Crippen molar-refractivity contribution in [2.75, 3.05) is 27.3 Å². The van der Waals surface area contributed by atoms with Crippen molar-refractivity contribution in [3.63, 3.8) is 0 Å². The Morgan fingerprint density at radius 1 is 1.16 bits per heavy atom. The molecule has 2 unspecified atom stereocenters. The van der Waals surface area contributed by atoms with Gasteiger partial charge in [-0.15, -0.1) is 0 Å². The first-order valence-corrected chi connectivity index (χ1v) is 5.93. The molecule has 2 rings (SSSR count). The SMILES string of the molecule is COC1CN(C(=O)c2ccc(O)c(O)c2)CC1OC. The standard InChI is InChI=1S/C13H17NO5/c1-18-11-6-14(7-12(11)19-2)13(17)8-3-4-9(15)10(16)5-8/h3-5,11-12,15-16H,6-7H2,1-2H3. The minimum atomic E-state index is -0.309. The van der Waals surface area contributed by atoms with Gasteiger partial charge in [-0.25, -0.2) is 0 Å². The molecule has 104 valence electrons. The van der Waals surface area contributed by atoms with Crippen LogP contribution in [0.25, 0.3) is 0 Å². The molecule has 0 saturated carbocycles. The quantitative estimate of drug-likeness (QED) is 0.783. The number of likely N-dealkylation sites (tertiary alicyclic amines) is 1. The maximum absolute atomic E-state index is 12.3. The number of benzene rings is 1. The fraction of sp³-hybridized carbons (Fsp3) is 0.462. The molecule has 0 aliphatic carbocycles. The van der Waals surface area contributed by atoms with E-state index in [0.717, 1.165) is 0 Å². The molecule has 0 bridgehead atoms. The number of ether oxygens (including phenoxy) is 2. The van der Waals surface area contributed by atoms with E-state index in [1.165, 1.54) is 18.2 Å². The average Bonchev–Trinajstić information content (AvgIpc) is 2.84. The summed E-state index contributed by atoms with van der Waals surface area (Å²) >= 11 is 0. The van der Waals surface area contributed by atoms with Crippen LogP contribution in [0, 0.1) is 0 Å². The van der Waals surface area contributed by atoms with Crippen LogP contribution >= 0.6 is 0 Å². The molecular formula is C13H17NO5. The molecule has 1 aliphatic rings. The van der Waals surface area contributed by atoms with E-state index in [1.807, 2.05) is 0 Å². The maximum Gasteiger partial charge on any atom is 0.254 e. The summed E-state index contributed by atoms with van der Waals surface area (Å²) in [6, 6.07) is 4.01. The van der Waals surface area contributed by atoms with Crippen LogP contribution in [-0.4, -0.2) is 60.5 Å². The summed E-state index contributed by atoms with van der Waals surface area (Å²) in [6.07, 6.45) is -0.306. The van der Waals surface area contributed by atoms with Crippen molar-refractivity contribution in [3.8, 4) is 11.5 Å². The third-order valence-corrected chi connectivity index (χ3v) is 3.33. The zero-order valence-electron chi connectivity index (χ0n) is 10.9. The van der Waals surface area contributed by atoms with Gasteiger partial charge in [0.1, 0.15) is 12.2 Å². The molecule has 1 amide bonds. The first kappa shape index (κ1) is 13.6. The number of phenolic OH excluding ortho intramolecular Hbond substituents is 2. The van der Waals surface area contributed by atoms with Crippen LogP contribution in [0.3, 0.4) is 0 Å². The van der Waals surface area contributed by atoms with Crippen molar-refractivity contribution in [3.05, 3.63) is 23.8 Å². The summed E-state index contributed by atoms with van der Waals surface area (Å²) in [4.78, 5) is 13.9. The number of aromatic hydroxyl groups is 2. The fourth-order valence-electron chi connectivity index (χ4n) is 2.20. The molecule has 2 atom stereocenters. The number of hydrogen-bond donors (Lipinski definition) is 2. The van der Waals surface area contributed by atoms with E-state index in [-0.39, 0.29) is 29.6 Å². The Morgan fingerprint density at radius 2 is 1.74 bits per heavy atom. The highest BCUT2D eigenvalue weighted by Gasteiger charge is 2.35. The third-order valence-electron chi connectivity index (χ3n) is 3.33. The second-order valence-electron chi connectivity index (χ2n) is 4.46. The fourth-order valence-corrected chi connectivity index (χ4v) is 2.20. The summed E-state index contributed by atoms with van der Waals surface area (Å²) in [6.45, 7) is 0.880. The minimum Gasteiger partial charge on any atom is -0.504 e. The smallest absolute Gasteiger partial charge is 0.254 e. The molecule has 1 aromatic rings. The third kappa shape index (κ3) is 2.64. The number of amides is 1. The first-order valence-electron chi connectivity index (χ1n) is 5.93. The summed E-state index contributed by atoms with van der Waals surface area (Å²) in [5.41, 5.74) is 0.321. The highest BCUT2D eigenvalue weighted by Crippen LogP contribution is 2.26. The molecule has 6 heteroatoms. The molecular weight excluding hydrogens is 250 g/mol. The molecule has 1 aliphatic heterocycles. The zero-order chi connectivity index (χ0) is 14.0. The largest absolute Gasteiger partial charge is 0.504 e. The zero-order valence-corrected chi connectivity index (χ0v) is 10.9. The topological polar surface area (TPSA) is 79.2 Å². The van der Waals surface area contributed by atoms with Gasteiger partial charge in [0.05, 0.1) is 0 Å². The van der Waals surface area contributed by atoms with E-state index in [9.17, 15) is 15.0 Å². The lowest BCUT2D eigenvalue weighted by Gasteiger charge is -2.16. The second-order valence-corrected chi connectivity index (χ2v) is 4.46. The van der Waals surface area contributed by atoms with E-state index in [2.05, 4.69) is 0 Å². The van der Waals surface area contributed by atoms with Gasteiger partial charge in [0.2, 0.25) is 0 Å². The van der Waals surface area contributed by atoms with Gasteiger partial charge >= 0.3 is 0 Å². The number of phenols is 2. The molecule has 6 nitrogen and oxygen atoms in total. The molecule has 1 fully saturated rings. The summed E-state index contributed by atoms with van der Waals surface area (Å²) in [5, 5.41) is 18.7. The maximum atomic E-state index is 12.3. The van der Waals surface area contributed by atoms with Crippen LogP contribution in [-0.2, 0) is 9.47 Å². The first-order chi connectivity index (χ1) is 9.06. The van der Waals surface area contributed by atoms with E-state index in [4.69, 9.17) is 9.47 Å². The molecule has 1 heterocycles. The van der Waals surface area contributed by atoms with E-state index in [1.54, 1.807) is 19.1 Å². The van der Waals surface area contributed by atoms with Crippen LogP contribution in [0.15, 0.2) is 18.2 Å². The summed E-state index contributed by atoms with van der Waals surface area (Å²) in [7, 11) is 3.16. The molecule has 0 radical (unpaired) electrons. The van der Waals surface area contributed by atoms with Crippen molar-refractivity contribution < 1.29 is 24.5 Å². The Labute approximate surface area is 111 Å². The molecule has 2 N–H and O–H groups in total. The lowest BCUT2D eigenvalue weighted by molar-refractivity contribution is -0.00461. The van der Waals surface area contributed by atoms with Gasteiger partial charge in [-0.2, -0.15) is 0 Å². The van der Waals surface area contributed by atoms with Gasteiger partial charge in [-0.1, -0.05) is 0 Å². The minimum absolute atomic E-state index is 0.153. The summed E-state index contributed by atoms with van der Waals surface area (Å²) in [5.74, 6) is -0.781. The number of carbonyl (C=O) groups is 1. The van der Waals surface area contributed by atoms with Crippen molar-refractivity contribution >= 4 is 5.91 Å². The van der Waals surface area contributed by atoms with Gasteiger partial charge in [0.15, 0.2) is 11.5 Å². The van der Waals surface area contributed by atoms with Crippen molar-refractivity contribution in [1.29, 1.82) is 0 Å². The van der Waals surface area contributed by atoms with E-state index in [0.29, 0.717) is 18.7 Å². The van der Waals surface area contributed by atoms with Gasteiger partial charge in [-0.3, -0.25) is 4.79 Å². The van der Waals surface area contributed by atoms with Gasteiger partial charge in [0, 0.05) is 32.9 Å². The predicted octanol–water partition coefficient (Wildman–Crippen LogP) is 0.584. The summed E-state index contributed by atoms with van der Waals surface area (Å²) < 4.78 is 10.5. The molecule has 1 saturated heterocycles. The lowest BCUT2D eigenvalue weighted by Crippen LogP contribution is -2.30. The second kappa shape index (κ2) is 5.46. The Kier molecular flexibility index (Phi) is 3.92. The van der Waals surface area contributed by atoms with Gasteiger partial charge < -0.3 is 24.6 Å². The Balaban J connectivity index is 2.14. The average molecular weight is 267 g/mol. The van der Waals surface area contributed by atoms with Gasteiger partial charge in [0.25, 0.3) is 5.91 Å². The van der Waals surface area contributed by atoms with Crippen LogP contribution < -0.4 is 0 Å². The normalized spacial score (nSPS) is 22.7. The highest BCUT2D eigenvalue weighted by molar-refractivity contribution is 5.95. The van der Waals surface area contributed by atoms with Crippen molar-refractivity contribution in [1.82, 2.24) is 4.90 Å². The predicted molar refractivity (Wildman–Crippen MR) is 67.3 cm³/mol. The molecule has 0 spiro atoms. The lowest BCUT2D eigenvalue weighted by atomic mass is 10.2. The Hall–Kier alpha value is -1.79. The molecule has 19 heavy (non-hydrogen) atoms. The van der Waals surface area contributed by atoms with Crippen LogP contribution in [0.1, 0.15) is 10.4 Å². The van der Waals surface area contributed by atoms with Crippen LogP contribution in [0.5, 0.6) is 11.5 Å².